The monoisotopic (exact) mass is 364 g/mol. The Balaban J connectivity index is 2.33. The van der Waals surface area contributed by atoms with E-state index in [-0.39, 0.29) is 15.7 Å². The molecule has 0 fully saturated rings. The average Bonchev–Trinajstić information content (AvgIpc) is 2.33. The lowest BCUT2D eigenvalue weighted by Crippen LogP contribution is -2.13. The molecule has 2 rings (SSSR count). The fraction of sp³-hybridized carbons (Fsp3) is 0. The highest BCUT2D eigenvalue weighted by molar-refractivity contribution is 9.10. The van der Waals surface area contributed by atoms with Crippen LogP contribution in [0.15, 0.2) is 45.9 Å². The van der Waals surface area contributed by atoms with E-state index >= 15 is 0 Å². The number of nitrogens with zero attached hydrogens (tertiary/aromatic N) is 1. The van der Waals surface area contributed by atoms with E-state index < -0.39 is 15.8 Å². The SMILES string of the molecule is O=S(=O)(Nc1cnc(Cl)c(Br)c1)c1cccc(F)c1. The zero-order valence-corrected chi connectivity index (χ0v) is 12.4. The smallest absolute Gasteiger partial charge is 0.262 e. The molecule has 0 atom stereocenters. The Morgan fingerprint density at radius 3 is 2.68 bits per heavy atom. The minimum atomic E-state index is -3.86. The van der Waals surface area contributed by atoms with Crippen molar-refractivity contribution in [2.45, 2.75) is 4.90 Å². The largest absolute Gasteiger partial charge is 0.278 e. The van der Waals surface area contributed by atoms with Crippen LogP contribution >= 0.6 is 27.5 Å². The van der Waals surface area contributed by atoms with Crippen molar-refractivity contribution < 1.29 is 12.8 Å². The van der Waals surface area contributed by atoms with Gasteiger partial charge in [0, 0.05) is 0 Å². The lowest BCUT2D eigenvalue weighted by molar-refractivity contribution is 0.595. The van der Waals surface area contributed by atoms with Gasteiger partial charge in [0.25, 0.3) is 10.0 Å². The lowest BCUT2D eigenvalue weighted by atomic mass is 10.4. The average molecular weight is 366 g/mol. The van der Waals surface area contributed by atoms with Crippen LogP contribution in [0.2, 0.25) is 5.15 Å². The van der Waals surface area contributed by atoms with Gasteiger partial charge >= 0.3 is 0 Å². The third-order valence-electron chi connectivity index (χ3n) is 2.15. The van der Waals surface area contributed by atoms with E-state index in [9.17, 15) is 12.8 Å². The van der Waals surface area contributed by atoms with Crippen molar-refractivity contribution in [2.24, 2.45) is 0 Å². The number of hydrogen-bond acceptors (Lipinski definition) is 3. The zero-order chi connectivity index (χ0) is 14.0. The van der Waals surface area contributed by atoms with Gasteiger partial charge in [-0.2, -0.15) is 0 Å². The fourth-order valence-electron chi connectivity index (χ4n) is 1.33. The number of hydrogen-bond donors (Lipinski definition) is 1. The Bertz CT molecular complexity index is 724. The molecule has 1 N–H and O–H groups in total. The van der Waals surface area contributed by atoms with Gasteiger partial charge in [0.1, 0.15) is 11.0 Å². The van der Waals surface area contributed by atoms with Crippen LogP contribution in [0.4, 0.5) is 10.1 Å². The second-order valence-corrected chi connectivity index (χ2v) is 6.45. The second kappa shape index (κ2) is 5.44. The summed E-state index contributed by atoms with van der Waals surface area (Å²) in [5.41, 5.74) is 0.223. The molecule has 0 saturated heterocycles. The number of anilines is 1. The van der Waals surface area contributed by atoms with E-state index in [2.05, 4.69) is 25.6 Å². The molecule has 0 radical (unpaired) electrons. The first-order valence-electron chi connectivity index (χ1n) is 4.98. The quantitative estimate of drug-likeness (QED) is 0.848. The van der Waals surface area contributed by atoms with Crippen molar-refractivity contribution in [3.63, 3.8) is 0 Å². The number of rotatable bonds is 3. The normalized spacial score (nSPS) is 11.3. The maximum Gasteiger partial charge on any atom is 0.262 e. The fourth-order valence-corrected chi connectivity index (χ4v) is 2.84. The highest BCUT2D eigenvalue weighted by Gasteiger charge is 2.15. The van der Waals surface area contributed by atoms with E-state index in [1.54, 1.807) is 0 Å². The molecule has 1 aromatic carbocycles. The van der Waals surface area contributed by atoms with Crippen LogP contribution in [0, 0.1) is 5.82 Å². The predicted molar refractivity (Wildman–Crippen MR) is 74.2 cm³/mol. The summed E-state index contributed by atoms with van der Waals surface area (Å²) in [4.78, 5) is 3.62. The van der Waals surface area contributed by atoms with Crippen LogP contribution in [-0.2, 0) is 10.0 Å². The molecule has 0 aliphatic heterocycles. The summed E-state index contributed by atoms with van der Waals surface area (Å²) in [7, 11) is -3.86. The van der Waals surface area contributed by atoms with Gasteiger partial charge in [-0.25, -0.2) is 17.8 Å². The maximum atomic E-state index is 13.0. The van der Waals surface area contributed by atoms with E-state index in [0.717, 1.165) is 6.07 Å². The van der Waals surface area contributed by atoms with Gasteiger partial charge in [0.15, 0.2) is 0 Å². The number of pyridine rings is 1. The Morgan fingerprint density at radius 2 is 2.05 bits per heavy atom. The molecule has 0 spiro atoms. The summed E-state index contributed by atoms with van der Waals surface area (Å²) in [5.74, 6) is -0.627. The molecule has 19 heavy (non-hydrogen) atoms. The van der Waals surface area contributed by atoms with Gasteiger partial charge in [-0.1, -0.05) is 17.7 Å². The molecule has 4 nitrogen and oxygen atoms in total. The van der Waals surface area contributed by atoms with Crippen LogP contribution in [-0.4, -0.2) is 13.4 Å². The number of sulfonamides is 1. The first-order chi connectivity index (χ1) is 8.88. The Labute approximate surface area is 122 Å². The van der Waals surface area contributed by atoms with E-state index in [1.165, 1.54) is 30.5 Å². The first kappa shape index (κ1) is 14.2. The van der Waals surface area contributed by atoms with Crippen molar-refractivity contribution in [1.82, 2.24) is 4.98 Å². The third kappa shape index (κ3) is 3.43. The molecule has 2 aromatic rings. The van der Waals surface area contributed by atoms with Crippen LogP contribution in [0.1, 0.15) is 0 Å². The van der Waals surface area contributed by atoms with Crippen LogP contribution < -0.4 is 4.72 Å². The van der Waals surface area contributed by atoms with Crippen LogP contribution in [0.25, 0.3) is 0 Å². The Morgan fingerprint density at radius 1 is 1.32 bits per heavy atom. The number of benzene rings is 1. The van der Waals surface area contributed by atoms with Crippen molar-refractivity contribution in [2.75, 3.05) is 4.72 Å². The van der Waals surface area contributed by atoms with Gasteiger partial charge in [-0.3, -0.25) is 4.72 Å². The standard InChI is InChI=1S/C11H7BrClFN2O2S/c12-10-5-8(6-15-11(10)13)16-19(17,18)9-3-1-2-7(14)4-9/h1-6,16H. The molecule has 0 aliphatic rings. The summed E-state index contributed by atoms with van der Waals surface area (Å²) >= 11 is 8.84. The van der Waals surface area contributed by atoms with Gasteiger partial charge in [0.2, 0.25) is 0 Å². The van der Waals surface area contributed by atoms with Gasteiger partial charge in [-0.05, 0) is 40.2 Å². The van der Waals surface area contributed by atoms with Crippen LogP contribution in [0.3, 0.4) is 0 Å². The predicted octanol–water partition coefficient (Wildman–Crippen LogP) is 3.44. The summed E-state index contributed by atoms with van der Waals surface area (Å²) in [5, 5.41) is 0.216. The summed E-state index contributed by atoms with van der Waals surface area (Å²) in [6, 6.07) is 6.18. The minimum absolute atomic E-state index is 0.168. The Hall–Kier alpha value is -1.18. The molecule has 8 heteroatoms. The topological polar surface area (TPSA) is 59.1 Å². The van der Waals surface area contributed by atoms with Crippen molar-refractivity contribution in [3.05, 3.63) is 52.0 Å². The van der Waals surface area contributed by atoms with E-state index in [0.29, 0.717) is 4.47 Å². The molecule has 100 valence electrons. The molecular formula is C11H7BrClFN2O2S. The molecule has 0 bridgehead atoms. The lowest BCUT2D eigenvalue weighted by Gasteiger charge is -2.08. The highest BCUT2D eigenvalue weighted by Crippen LogP contribution is 2.24. The van der Waals surface area contributed by atoms with Crippen molar-refractivity contribution in [1.29, 1.82) is 0 Å². The molecule has 1 heterocycles. The van der Waals surface area contributed by atoms with E-state index in [4.69, 9.17) is 11.6 Å². The van der Waals surface area contributed by atoms with Gasteiger partial charge < -0.3 is 0 Å². The summed E-state index contributed by atoms with van der Waals surface area (Å²) < 4.78 is 39.8. The van der Waals surface area contributed by atoms with Crippen molar-refractivity contribution in [3.8, 4) is 0 Å². The highest BCUT2D eigenvalue weighted by atomic mass is 79.9. The van der Waals surface area contributed by atoms with Gasteiger partial charge in [0.05, 0.1) is 21.3 Å². The summed E-state index contributed by atoms with van der Waals surface area (Å²) in [6.45, 7) is 0. The first-order valence-corrected chi connectivity index (χ1v) is 7.63. The summed E-state index contributed by atoms with van der Waals surface area (Å²) in [6.07, 6.45) is 1.27. The molecule has 0 unspecified atom stereocenters. The van der Waals surface area contributed by atoms with Gasteiger partial charge in [-0.15, -0.1) is 0 Å². The zero-order valence-electron chi connectivity index (χ0n) is 9.27. The maximum absolute atomic E-state index is 13.0. The minimum Gasteiger partial charge on any atom is -0.278 e. The molecule has 1 aromatic heterocycles. The number of aromatic nitrogens is 1. The second-order valence-electron chi connectivity index (χ2n) is 3.56. The number of halogens is 3. The molecule has 0 amide bonds. The molecular weight excluding hydrogens is 359 g/mol. The number of nitrogens with one attached hydrogen (secondary N) is 1. The van der Waals surface area contributed by atoms with Crippen LogP contribution in [0.5, 0.6) is 0 Å². The van der Waals surface area contributed by atoms with E-state index in [1.807, 2.05) is 0 Å². The Kier molecular flexibility index (Phi) is 4.07. The third-order valence-corrected chi connectivity index (χ3v) is 4.67. The van der Waals surface area contributed by atoms with Crippen molar-refractivity contribution >= 4 is 43.2 Å². The molecule has 0 aliphatic carbocycles. The molecule has 0 saturated carbocycles.